The van der Waals surface area contributed by atoms with Gasteiger partial charge in [-0.15, -0.1) is 0 Å². The fraction of sp³-hybridized carbons (Fsp3) is 0.167. The van der Waals surface area contributed by atoms with Crippen LogP contribution in [-0.2, 0) is 7.05 Å². The van der Waals surface area contributed by atoms with Gasteiger partial charge in [-0.3, -0.25) is 0 Å². The molecule has 1 aromatic heterocycles. The fourth-order valence-electron chi connectivity index (χ4n) is 1.62. The van der Waals surface area contributed by atoms with E-state index in [-0.39, 0.29) is 0 Å². The third-order valence-electron chi connectivity index (χ3n) is 2.39. The Balaban J connectivity index is 2.58. The van der Waals surface area contributed by atoms with Crippen molar-refractivity contribution in [1.82, 2.24) is 9.55 Å². The molecular weight excluding hydrogens is 202 g/mol. The van der Waals surface area contributed by atoms with Crippen molar-refractivity contribution in [2.45, 2.75) is 0 Å². The Morgan fingerprint density at radius 2 is 2.25 bits per heavy atom. The first-order valence-electron chi connectivity index (χ1n) is 4.82. The van der Waals surface area contributed by atoms with Crippen molar-refractivity contribution in [1.29, 1.82) is 5.26 Å². The molecule has 0 amide bonds. The zero-order valence-corrected chi connectivity index (χ0v) is 9.14. The van der Waals surface area contributed by atoms with Crippen molar-refractivity contribution in [2.75, 3.05) is 7.11 Å². The van der Waals surface area contributed by atoms with E-state index in [1.165, 1.54) is 0 Å². The molecule has 0 bridgehead atoms. The van der Waals surface area contributed by atoms with Crippen LogP contribution in [0.5, 0.6) is 5.75 Å². The molecule has 2 rings (SSSR count). The van der Waals surface area contributed by atoms with Gasteiger partial charge in [0.2, 0.25) is 0 Å². The highest BCUT2D eigenvalue weighted by Gasteiger charge is 2.10. The fourth-order valence-corrected chi connectivity index (χ4v) is 1.62. The zero-order chi connectivity index (χ0) is 11.5. The minimum Gasteiger partial charge on any atom is -0.497 e. The topological polar surface area (TPSA) is 50.8 Å². The number of ether oxygens (including phenoxy) is 1. The van der Waals surface area contributed by atoms with Crippen LogP contribution in [0.4, 0.5) is 0 Å². The number of benzene rings is 1. The van der Waals surface area contributed by atoms with E-state index in [4.69, 9.17) is 10.00 Å². The van der Waals surface area contributed by atoms with Gasteiger partial charge in [-0.25, -0.2) is 4.98 Å². The molecule has 0 unspecified atom stereocenters. The molecule has 2 aromatic rings. The lowest BCUT2D eigenvalue weighted by atomic mass is 10.1. The third-order valence-corrected chi connectivity index (χ3v) is 2.39. The molecule has 0 aliphatic rings. The van der Waals surface area contributed by atoms with Crippen molar-refractivity contribution < 1.29 is 4.74 Å². The van der Waals surface area contributed by atoms with Gasteiger partial charge in [-0.2, -0.15) is 5.26 Å². The number of nitriles is 1. The number of aryl methyl sites for hydroxylation is 1. The van der Waals surface area contributed by atoms with E-state index in [0.717, 1.165) is 17.0 Å². The summed E-state index contributed by atoms with van der Waals surface area (Å²) in [4.78, 5) is 4.03. The smallest absolute Gasteiger partial charge is 0.166 e. The highest BCUT2D eigenvalue weighted by molar-refractivity contribution is 5.66. The van der Waals surface area contributed by atoms with Crippen LogP contribution in [0.15, 0.2) is 30.6 Å². The highest BCUT2D eigenvalue weighted by atomic mass is 16.5. The Hall–Kier alpha value is -2.28. The van der Waals surface area contributed by atoms with Crippen LogP contribution in [-0.4, -0.2) is 16.7 Å². The van der Waals surface area contributed by atoms with Crippen LogP contribution in [0.1, 0.15) is 5.69 Å². The molecule has 0 atom stereocenters. The average molecular weight is 213 g/mol. The quantitative estimate of drug-likeness (QED) is 0.766. The Bertz CT molecular complexity index is 552. The summed E-state index contributed by atoms with van der Waals surface area (Å²) < 4.78 is 6.98. The number of methoxy groups -OCH3 is 1. The van der Waals surface area contributed by atoms with E-state index in [1.807, 2.05) is 35.9 Å². The van der Waals surface area contributed by atoms with Gasteiger partial charge in [-0.1, -0.05) is 12.1 Å². The van der Waals surface area contributed by atoms with E-state index in [2.05, 4.69) is 11.1 Å². The van der Waals surface area contributed by atoms with Gasteiger partial charge in [0, 0.05) is 12.6 Å². The van der Waals surface area contributed by atoms with Crippen LogP contribution in [0.2, 0.25) is 0 Å². The average Bonchev–Trinajstić information content (AvgIpc) is 2.70. The van der Waals surface area contributed by atoms with Crippen molar-refractivity contribution >= 4 is 0 Å². The molecule has 1 aromatic carbocycles. The van der Waals surface area contributed by atoms with Crippen molar-refractivity contribution in [3.05, 3.63) is 36.3 Å². The minimum atomic E-state index is 0.427. The van der Waals surface area contributed by atoms with Crippen LogP contribution >= 0.6 is 0 Å². The van der Waals surface area contributed by atoms with Gasteiger partial charge in [-0.05, 0) is 12.1 Å². The predicted octanol–water partition coefficient (Wildman–Crippen LogP) is 1.97. The second-order valence-electron chi connectivity index (χ2n) is 3.40. The van der Waals surface area contributed by atoms with Gasteiger partial charge < -0.3 is 9.30 Å². The highest BCUT2D eigenvalue weighted by Crippen LogP contribution is 2.25. The number of nitrogens with zero attached hydrogens (tertiary/aromatic N) is 3. The Morgan fingerprint density at radius 3 is 2.94 bits per heavy atom. The molecule has 0 aliphatic heterocycles. The Labute approximate surface area is 93.7 Å². The van der Waals surface area contributed by atoms with Gasteiger partial charge >= 0.3 is 0 Å². The Morgan fingerprint density at radius 1 is 1.44 bits per heavy atom. The van der Waals surface area contributed by atoms with Crippen LogP contribution in [0.25, 0.3) is 11.3 Å². The molecule has 0 fully saturated rings. The molecule has 0 saturated heterocycles. The molecule has 0 N–H and O–H groups in total. The molecule has 0 saturated carbocycles. The molecule has 4 nitrogen and oxygen atoms in total. The number of aromatic nitrogens is 2. The van der Waals surface area contributed by atoms with E-state index in [9.17, 15) is 0 Å². The van der Waals surface area contributed by atoms with Gasteiger partial charge in [0.25, 0.3) is 0 Å². The van der Waals surface area contributed by atoms with Crippen LogP contribution in [0, 0.1) is 11.3 Å². The Kier molecular flexibility index (Phi) is 2.61. The third kappa shape index (κ3) is 1.63. The van der Waals surface area contributed by atoms with Crippen molar-refractivity contribution in [3.63, 3.8) is 0 Å². The maximum Gasteiger partial charge on any atom is 0.166 e. The van der Waals surface area contributed by atoms with Gasteiger partial charge in [0.1, 0.15) is 11.8 Å². The largest absolute Gasteiger partial charge is 0.497 e. The SMILES string of the molecule is COc1cccc(-c2c(C#N)ncn2C)c1. The summed E-state index contributed by atoms with van der Waals surface area (Å²) in [5.41, 5.74) is 2.16. The molecule has 0 radical (unpaired) electrons. The minimum absolute atomic E-state index is 0.427. The summed E-state index contributed by atoms with van der Waals surface area (Å²) in [6.07, 6.45) is 1.63. The lowest BCUT2D eigenvalue weighted by Crippen LogP contribution is -1.92. The molecule has 4 heteroatoms. The number of imidazole rings is 1. The molecule has 80 valence electrons. The summed E-state index contributed by atoms with van der Waals surface area (Å²) in [5.74, 6) is 0.766. The van der Waals surface area contributed by atoms with E-state index >= 15 is 0 Å². The number of rotatable bonds is 2. The first-order valence-corrected chi connectivity index (χ1v) is 4.82. The zero-order valence-electron chi connectivity index (χ0n) is 9.14. The summed E-state index contributed by atoms with van der Waals surface area (Å²) in [6.45, 7) is 0. The molecule has 0 aliphatic carbocycles. The molecule has 16 heavy (non-hydrogen) atoms. The van der Waals surface area contributed by atoms with Crippen molar-refractivity contribution in [2.24, 2.45) is 7.05 Å². The molecular formula is C12H11N3O. The van der Waals surface area contributed by atoms with Crippen LogP contribution in [0.3, 0.4) is 0 Å². The maximum absolute atomic E-state index is 8.96. The van der Waals surface area contributed by atoms with Crippen LogP contribution < -0.4 is 4.74 Å². The summed E-state index contributed by atoms with van der Waals surface area (Å²) in [5, 5.41) is 8.96. The second kappa shape index (κ2) is 4.07. The normalized spacial score (nSPS) is 9.81. The predicted molar refractivity (Wildman–Crippen MR) is 59.9 cm³/mol. The van der Waals surface area contributed by atoms with E-state index in [1.54, 1.807) is 13.4 Å². The van der Waals surface area contributed by atoms with Crippen molar-refractivity contribution in [3.8, 4) is 23.1 Å². The lowest BCUT2D eigenvalue weighted by molar-refractivity contribution is 0.415. The standard InChI is InChI=1S/C12H11N3O/c1-15-8-14-11(7-13)12(15)9-4-3-5-10(6-9)16-2/h3-6,8H,1-2H3. The number of hydrogen-bond donors (Lipinski definition) is 0. The second-order valence-corrected chi connectivity index (χ2v) is 3.40. The van der Waals surface area contributed by atoms with E-state index in [0.29, 0.717) is 5.69 Å². The summed E-state index contributed by atoms with van der Waals surface area (Å²) in [7, 11) is 3.48. The van der Waals surface area contributed by atoms with Gasteiger partial charge in [0.05, 0.1) is 19.1 Å². The summed E-state index contributed by atoms with van der Waals surface area (Å²) >= 11 is 0. The van der Waals surface area contributed by atoms with Gasteiger partial charge in [0.15, 0.2) is 5.69 Å². The maximum atomic E-state index is 8.96. The molecule has 0 spiro atoms. The lowest BCUT2D eigenvalue weighted by Gasteiger charge is -2.05. The number of hydrogen-bond acceptors (Lipinski definition) is 3. The monoisotopic (exact) mass is 213 g/mol. The molecule has 1 heterocycles. The van der Waals surface area contributed by atoms with E-state index < -0.39 is 0 Å². The first-order chi connectivity index (χ1) is 7.76. The first kappa shape index (κ1) is 10.2. The summed E-state index contributed by atoms with van der Waals surface area (Å²) in [6, 6.07) is 9.66.